The molecule has 24 heavy (non-hydrogen) atoms. The summed E-state index contributed by atoms with van der Waals surface area (Å²) < 4.78 is 11.9. The van der Waals surface area contributed by atoms with Crippen molar-refractivity contribution in [2.24, 2.45) is 5.92 Å². The van der Waals surface area contributed by atoms with Gasteiger partial charge in [-0.1, -0.05) is 43.6 Å². The van der Waals surface area contributed by atoms with Gasteiger partial charge in [-0.15, -0.1) is 0 Å². The average molecular weight is 337 g/mol. The first-order valence-corrected chi connectivity index (χ1v) is 9.89. The first-order chi connectivity index (χ1) is 11.2. The Labute approximate surface area is 150 Å². The molecule has 1 saturated heterocycles. The monoisotopic (exact) mass is 336 g/mol. The van der Waals surface area contributed by atoms with E-state index in [0.717, 1.165) is 31.6 Å². The van der Waals surface area contributed by atoms with Crippen LogP contribution in [0.5, 0.6) is 0 Å². The maximum atomic E-state index is 5.95. The van der Waals surface area contributed by atoms with Gasteiger partial charge in [-0.25, -0.2) is 0 Å². The maximum Gasteiger partial charge on any atom is 0.166 e. The highest BCUT2D eigenvalue weighted by molar-refractivity contribution is 5.04. The lowest BCUT2D eigenvalue weighted by molar-refractivity contribution is -0.162. The van der Waals surface area contributed by atoms with Crippen LogP contribution in [0.4, 0.5) is 0 Å². The average Bonchev–Trinajstić information content (AvgIpc) is 2.71. The Hall–Kier alpha value is -0.600. The molecule has 0 radical (unpaired) electrons. The maximum absolute atomic E-state index is 5.95. The summed E-state index contributed by atoms with van der Waals surface area (Å²) in [6.45, 7) is 15.4. The molecule has 1 fully saturated rings. The van der Waals surface area contributed by atoms with Crippen LogP contribution in [-0.2, 0) is 9.47 Å². The fourth-order valence-corrected chi connectivity index (χ4v) is 3.24. The summed E-state index contributed by atoms with van der Waals surface area (Å²) in [6.07, 6.45) is 13.4. The standard InChI is InChI=1S/C22H40O2/c1-17(2)11-8-12-18(3)13-9-14-19(4)15-10-16-22(7)23-20(5)21(6)24-22/h13,15,17,20-21H,8-12,14,16H2,1-7H3/b18-13+,19-15+. The summed E-state index contributed by atoms with van der Waals surface area (Å²) in [5, 5.41) is 0. The van der Waals surface area contributed by atoms with Crippen molar-refractivity contribution in [3.8, 4) is 0 Å². The predicted octanol–water partition coefficient (Wildman–Crippen LogP) is 6.81. The summed E-state index contributed by atoms with van der Waals surface area (Å²) in [6, 6.07) is 0. The second-order valence-corrected chi connectivity index (χ2v) is 8.24. The predicted molar refractivity (Wildman–Crippen MR) is 104 cm³/mol. The fourth-order valence-electron chi connectivity index (χ4n) is 3.24. The third-order valence-corrected chi connectivity index (χ3v) is 5.01. The van der Waals surface area contributed by atoms with Gasteiger partial charge in [0.1, 0.15) is 0 Å². The van der Waals surface area contributed by atoms with Gasteiger partial charge in [0.15, 0.2) is 5.79 Å². The van der Waals surface area contributed by atoms with Crippen molar-refractivity contribution in [3.05, 3.63) is 23.3 Å². The van der Waals surface area contributed by atoms with E-state index in [2.05, 4.69) is 60.6 Å². The molecule has 0 aromatic rings. The summed E-state index contributed by atoms with van der Waals surface area (Å²) in [5.41, 5.74) is 3.02. The van der Waals surface area contributed by atoms with Crippen LogP contribution in [0.1, 0.15) is 93.4 Å². The normalized spacial score (nSPS) is 28.8. The molecule has 0 bridgehead atoms. The molecule has 0 saturated carbocycles. The van der Waals surface area contributed by atoms with E-state index in [0.29, 0.717) is 0 Å². The zero-order valence-electron chi connectivity index (χ0n) is 17.2. The van der Waals surface area contributed by atoms with Gasteiger partial charge < -0.3 is 9.47 Å². The largest absolute Gasteiger partial charge is 0.345 e. The van der Waals surface area contributed by atoms with Crippen molar-refractivity contribution in [2.45, 2.75) is 111 Å². The SMILES string of the molecule is C/C(=C\CCC1(C)OC(C)C(C)O1)CC/C=C(\C)CCCC(C)C. The van der Waals surface area contributed by atoms with Gasteiger partial charge in [-0.05, 0) is 72.6 Å². The Morgan fingerprint density at radius 3 is 2.08 bits per heavy atom. The van der Waals surface area contributed by atoms with Gasteiger partial charge in [0, 0.05) is 6.42 Å². The smallest absolute Gasteiger partial charge is 0.166 e. The minimum atomic E-state index is -0.400. The Bertz CT molecular complexity index is 410. The van der Waals surface area contributed by atoms with Crippen LogP contribution in [-0.4, -0.2) is 18.0 Å². The lowest BCUT2D eigenvalue weighted by Gasteiger charge is -2.22. The van der Waals surface area contributed by atoms with E-state index < -0.39 is 5.79 Å². The van der Waals surface area contributed by atoms with Crippen LogP contribution in [0.2, 0.25) is 0 Å². The molecule has 2 nitrogen and oxygen atoms in total. The van der Waals surface area contributed by atoms with Crippen LogP contribution >= 0.6 is 0 Å². The molecule has 1 heterocycles. The summed E-state index contributed by atoms with van der Waals surface area (Å²) in [4.78, 5) is 0. The van der Waals surface area contributed by atoms with Gasteiger partial charge in [0.2, 0.25) is 0 Å². The summed E-state index contributed by atoms with van der Waals surface area (Å²) in [5.74, 6) is 0.423. The second kappa shape index (κ2) is 10.4. The van der Waals surface area contributed by atoms with Gasteiger partial charge in [-0.3, -0.25) is 0 Å². The van der Waals surface area contributed by atoms with E-state index in [1.165, 1.54) is 24.8 Å². The highest BCUT2D eigenvalue weighted by Gasteiger charge is 2.39. The second-order valence-electron chi connectivity index (χ2n) is 8.24. The minimum Gasteiger partial charge on any atom is -0.345 e. The fraction of sp³-hybridized carbons (Fsp3) is 0.818. The van der Waals surface area contributed by atoms with Gasteiger partial charge in [-0.2, -0.15) is 0 Å². The molecular formula is C22H40O2. The Morgan fingerprint density at radius 1 is 0.958 bits per heavy atom. The molecule has 0 spiro atoms. The molecule has 2 heteroatoms. The molecule has 0 amide bonds. The van der Waals surface area contributed by atoms with Crippen LogP contribution in [0.15, 0.2) is 23.3 Å². The Kier molecular flexibility index (Phi) is 9.30. The first-order valence-electron chi connectivity index (χ1n) is 9.89. The van der Waals surface area contributed by atoms with Crippen molar-refractivity contribution < 1.29 is 9.47 Å². The number of allylic oxidation sites excluding steroid dienone is 4. The van der Waals surface area contributed by atoms with Crippen molar-refractivity contribution >= 4 is 0 Å². The molecule has 2 atom stereocenters. The molecule has 1 aliphatic rings. The molecule has 0 aliphatic carbocycles. The first kappa shape index (κ1) is 21.4. The lowest BCUT2D eigenvalue weighted by atomic mass is 10.0. The Balaban J connectivity index is 2.23. The van der Waals surface area contributed by atoms with Gasteiger partial charge in [0.25, 0.3) is 0 Å². The molecule has 2 unspecified atom stereocenters. The zero-order valence-corrected chi connectivity index (χ0v) is 17.2. The molecule has 0 aromatic carbocycles. The topological polar surface area (TPSA) is 18.5 Å². The van der Waals surface area contributed by atoms with Gasteiger partial charge in [0.05, 0.1) is 12.2 Å². The Morgan fingerprint density at radius 2 is 1.50 bits per heavy atom. The van der Waals surface area contributed by atoms with E-state index in [4.69, 9.17) is 9.47 Å². The van der Waals surface area contributed by atoms with Crippen molar-refractivity contribution in [1.82, 2.24) is 0 Å². The molecular weight excluding hydrogens is 296 g/mol. The van der Waals surface area contributed by atoms with E-state index >= 15 is 0 Å². The third kappa shape index (κ3) is 8.48. The van der Waals surface area contributed by atoms with Gasteiger partial charge >= 0.3 is 0 Å². The molecule has 1 rings (SSSR count). The zero-order chi connectivity index (χ0) is 18.2. The summed E-state index contributed by atoms with van der Waals surface area (Å²) in [7, 11) is 0. The van der Waals surface area contributed by atoms with Crippen molar-refractivity contribution in [3.63, 3.8) is 0 Å². The van der Waals surface area contributed by atoms with Crippen molar-refractivity contribution in [2.75, 3.05) is 0 Å². The van der Waals surface area contributed by atoms with E-state index in [1.54, 1.807) is 5.57 Å². The molecule has 0 N–H and O–H groups in total. The molecule has 140 valence electrons. The van der Waals surface area contributed by atoms with Crippen LogP contribution in [0.25, 0.3) is 0 Å². The number of ether oxygens (including phenoxy) is 2. The number of rotatable bonds is 10. The van der Waals surface area contributed by atoms with Crippen molar-refractivity contribution in [1.29, 1.82) is 0 Å². The van der Waals surface area contributed by atoms with E-state index in [-0.39, 0.29) is 12.2 Å². The third-order valence-electron chi connectivity index (χ3n) is 5.01. The summed E-state index contributed by atoms with van der Waals surface area (Å²) >= 11 is 0. The highest BCUT2D eigenvalue weighted by atomic mass is 16.7. The van der Waals surface area contributed by atoms with E-state index in [9.17, 15) is 0 Å². The quantitative estimate of drug-likeness (QED) is 0.408. The molecule has 0 aromatic heterocycles. The number of hydrogen-bond acceptors (Lipinski definition) is 2. The minimum absolute atomic E-state index is 0.198. The highest BCUT2D eigenvalue weighted by Crippen LogP contribution is 2.32. The number of hydrogen-bond donors (Lipinski definition) is 0. The van der Waals surface area contributed by atoms with E-state index in [1.807, 2.05) is 0 Å². The molecule has 1 aliphatic heterocycles. The lowest BCUT2D eigenvalue weighted by Crippen LogP contribution is -2.26. The van der Waals surface area contributed by atoms with Crippen LogP contribution < -0.4 is 0 Å². The van der Waals surface area contributed by atoms with Crippen LogP contribution in [0, 0.1) is 5.92 Å². The van der Waals surface area contributed by atoms with Crippen LogP contribution in [0.3, 0.4) is 0 Å².